The van der Waals surface area contributed by atoms with E-state index < -0.39 is 0 Å². The first-order chi connectivity index (χ1) is 14.4. The molecule has 1 aliphatic carbocycles. The molecule has 4 rings (SSSR count). The molecule has 0 bridgehead atoms. The molecule has 30 heavy (non-hydrogen) atoms. The minimum absolute atomic E-state index is 0.0118. The Morgan fingerprint density at radius 2 is 1.70 bits per heavy atom. The van der Waals surface area contributed by atoms with E-state index in [0.717, 1.165) is 38.0 Å². The van der Waals surface area contributed by atoms with E-state index in [9.17, 15) is 9.59 Å². The van der Waals surface area contributed by atoms with Crippen molar-refractivity contribution in [1.82, 2.24) is 20.0 Å². The van der Waals surface area contributed by atoms with Crippen LogP contribution in [0.2, 0.25) is 0 Å². The number of benzene rings is 1. The summed E-state index contributed by atoms with van der Waals surface area (Å²) < 4.78 is 0. The van der Waals surface area contributed by atoms with Gasteiger partial charge in [0.25, 0.3) is 0 Å². The number of hydrogen-bond acceptors (Lipinski definition) is 3. The number of fused-ring (bicyclic) bond motifs is 1. The van der Waals surface area contributed by atoms with Crippen LogP contribution in [0, 0.1) is 5.92 Å². The van der Waals surface area contributed by atoms with E-state index in [0.29, 0.717) is 25.5 Å². The quantitative estimate of drug-likeness (QED) is 0.830. The molecule has 6 nitrogen and oxygen atoms in total. The Morgan fingerprint density at radius 1 is 1.00 bits per heavy atom. The van der Waals surface area contributed by atoms with Crippen molar-refractivity contribution in [2.75, 3.05) is 32.7 Å². The maximum Gasteiger partial charge on any atom is 0.317 e. The lowest BCUT2D eigenvalue weighted by atomic mass is 9.87. The Bertz CT molecular complexity index is 745. The van der Waals surface area contributed by atoms with Crippen molar-refractivity contribution >= 4 is 11.9 Å². The summed E-state index contributed by atoms with van der Waals surface area (Å²) in [6.45, 7) is 8.81. The molecule has 3 amide bonds. The van der Waals surface area contributed by atoms with Crippen LogP contribution in [0.5, 0.6) is 0 Å². The lowest BCUT2D eigenvalue weighted by molar-refractivity contribution is -0.143. The summed E-state index contributed by atoms with van der Waals surface area (Å²) in [5.41, 5.74) is 1.01. The zero-order valence-electron chi connectivity index (χ0n) is 18.5. The molecule has 1 aromatic rings. The zero-order valence-corrected chi connectivity index (χ0v) is 18.5. The standard InChI is InChI=1S/C24H36N4O2/c1-24(2)18-27(23(30)25-15-19-9-5-3-6-10-19)17-21-16-26(13-14-28(21)24)22(29)20-11-7-4-8-12-20/h3,5-6,9-10,20-21H,4,7-8,11-18H2,1-2H3,(H,25,30)/t21-/m0/s1. The fourth-order valence-corrected chi connectivity index (χ4v) is 5.53. The SMILES string of the molecule is CC1(C)CN(C(=O)NCc2ccccc2)C[C@@H]2CN(C(=O)C3CCCCC3)CCN21. The maximum absolute atomic E-state index is 13.1. The van der Waals surface area contributed by atoms with Gasteiger partial charge < -0.3 is 15.1 Å². The lowest BCUT2D eigenvalue weighted by Gasteiger charge is -2.55. The van der Waals surface area contributed by atoms with Gasteiger partial charge in [0.05, 0.1) is 0 Å². The molecular formula is C24H36N4O2. The third-order valence-electron chi connectivity index (χ3n) is 7.11. The molecule has 2 heterocycles. The first-order valence-corrected chi connectivity index (χ1v) is 11.6. The van der Waals surface area contributed by atoms with E-state index in [2.05, 4.69) is 29.0 Å². The van der Waals surface area contributed by atoms with Crippen LogP contribution < -0.4 is 5.32 Å². The first-order valence-electron chi connectivity index (χ1n) is 11.6. The smallest absolute Gasteiger partial charge is 0.317 e. The number of carbonyl (C=O) groups is 2. The minimum Gasteiger partial charge on any atom is -0.340 e. The summed E-state index contributed by atoms with van der Waals surface area (Å²) >= 11 is 0. The van der Waals surface area contributed by atoms with Gasteiger partial charge >= 0.3 is 6.03 Å². The van der Waals surface area contributed by atoms with Crippen molar-refractivity contribution < 1.29 is 9.59 Å². The number of urea groups is 1. The molecular weight excluding hydrogens is 376 g/mol. The average Bonchev–Trinajstić information content (AvgIpc) is 2.77. The minimum atomic E-state index is -0.0903. The van der Waals surface area contributed by atoms with Crippen molar-refractivity contribution in [3.8, 4) is 0 Å². The van der Waals surface area contributed by atoms with Gasteiger partial charge in [-0.2, -0.15) is 0 Å². The lowest BCUT2D eigenvalue weighted by Crippen LogP contribution is -2.71. The first kappa shape index (κ1) is 21.2. The normalized spacial score (nSPS) is 24.9. The van der Waals surface area contributed by atoms with Gasteiger partial charge in [-0.25, -0.2) is 4.79 Å². The van der Waals surface area contributed by atoms with Crippen molar-refractivity contribution in [2.45, 2.75) is 64.1 Å². The van der Waals surface area contributed by atoms with Gasteiger partial charge in [-0.05, 0) is 32.3 Å². The largest absolute Gasteiger partial charge is 0.340 e. The van der Waals surface area contributed by atoms with Crippen LogP contribution in [0.25, 0.3) is 0 Å². The number of carbonyl (C=O) groups excluding carboxylic acids is 2. The van der Waals surface area contributed by atoms with Crippen LogP contribution in [-0.2, 0) is 11.3 Å². The molecule has 0 unspecified atom stereocenters. The summed E-state index contributed by atoms with van der Waals surface area (Å²) in [5.74, 6) is 0.560. The second-order valence-electron chi connectivity index (χ2n) is 9.80. The van der Waals surface area contributed by atoms with Crippen LogP contribution in [0.1, 0.15) is 51.5 Å². The average molecular weight is 413 g/mol. The van der Waals surface area contributed by atoms with Crippen LogP contribution >= 0.6 is 0 Å². The molecule has 2 saturated heterocycles. The molecule has 1 N–H and O–H groups in total. The predicted molar refractivity (Wildman–Crippen MR) is 118 cm³/mol. The van der Waals surface area contributed by atoms with Gasteiger partial charge in [-0.15, -0.1) is 0 Å². The second-order valence-corrected chi connectivity index (χ2v) is 9.80. The van der Waals surface area contributed by atoms with Crippen molar-refractivity contribution in [3.63, 3.8) is 0 Å². The van der Waals surface area contributed by atoms with Crippen LogP contribution in [0.4, 0.5) is 4.79 Å². The van der Waals surface area contributed by atoms with Gasteiger partial charge in [0.15, 0.2) is 0 Å². The molecule has 0 aromatic heterocycles. The molecule has 164 valence electrons. The Hall–Kier alpha value is -2.08. The van der Waals surface area contributed by atoms with E-state index in [1.54, 1.807) is 0 Å². The molecule has 2 aliphatic heterocycles. The van der Waals surface area contributed by atoms with Gasteiger partial charge in [-0.3, -0.25) is 9.69 Å². The van der Waals surface area contributed by atoms with Crippen LogP contribution in [0.15, 0.2) is 30.3 Å². The van der Waals surface area contributed by atoms with Crippen molar-refractivity contribution in [2.24, 2.45) is 5.92 Å². The Morgan fingerprint density at radius 3 is 2.43 bits per heavy atom. The Balaban J connectivity index is 1.38. The number of nitrogens with one attached hydrogen (secondary N) is 1. The molecule has 1 atom stereocenters. The number of hydrogen-bond donors (Lipinski definition) is 1. The third-order valence-corrected chi connectivity index (χ3v) is 7.11. The fourth-order valence-electron chi connectivity index (χ4n) is 5.53. The van der Waals surface area contributed by atoms with E-state index in [4.69, 9.17) is 0 Å². The Kier molecular flexibility index (Phi) is 6.32. The molecule has 1 saturated carbocycles. The van der Waals surface area contributed by atoms with Crippen molar-refractivity contribution in [3.05, 3.63) is 35.9 Å². The zero-order chi connectivity index (χ0) is 21.1. The number of nitrogens with zero attached hydrogens (tertiary/aromatic N) is 3. The number of rotatable bonds is 3. The number of amides is 3. The molecule has 3 aliphatic rings. The molecule has 1 aromatic carbocycles. The topological polar surface area (TPSA) is 55.9 Å². The maximum atomic E-state index is 13.1. The van der Waals surface area contributed by atoms with Gasteiger partial charge in [0.2, 0.25) is 5.91 Å². The fraction of sp³-hybridized carbons (Fsp3) is 0.667. The summed E-state index contributed by atoms with van der Waals surface area (Å²) in [6, 6.07) is 10.2. The summed E-state index contributed by atoms with van der Waals surface area (Å²) in [7, 11) is 0. The monoisotopic (exact) mass is 412 g/mol. The highest BCUT2D eigenvalue weighted by Gasteiger charge is 2.45. The second kappa shape index (κ2) is 8.96. The summed E-state index contributed by atoms with van der Waals surface area (Å²) in [6.07, 6.45) is 5.72. The van der Waals surface area contributed by atoms with Crippen LogP contribution in [-0.4, -0.2) is 70.9 Å². The predicted octanol–water partition coefficient (Wildman–Crippen LogP) is 3.08. The third kappa shape index (κ3) is 4.64. The summed E-state index contributed by atoms with van der Waals surface area (Å²) in [5, 5.41) is 3.08. The van der Waals surface area contributed by atoms with Gasteiger partial charge in [0, 0.05) is 56.8 Å². The van der Waals surface area contributed by atoms with E-state index in [-0.39, 0.29) is 23.5 Å². The highest BCUT2D eigenvalue weighted by Crippen LogP contribution is 2.31. The van der Waals surface area contributed by atoms with E-state index in [1.807, 2.05) is 35.2 Å². The van der Waals surface area contributed by atoms with E-state index >= 15 is 0 Å². The number of piperazine rings is 2. The molecule has 0 spiro atoms. The molecule has 3 fully saturated rings. The summed E-state index contributed by atoms with van der Waals surface area (Å²) in [4.78, 5) is 32.5. The highest BCUT2D eigenvalue weighted by molar-refractivity contribution is 5.79. The van der Waals surface area contributed by atoms with E-state index in [1.165, 1.54) is 19.3 Å². The highest BCUT2D eigenvalue weighted by atomic mass is 16.2. The van der Waals surface area contributed by atoms with Gasteiger partial charge in [0.1, 0.15) is 0 Å². The molecule has 6 heteroatoms. The van der Waals surface area contributed by atoms with Gasteiger partial charge in [-0.1, -0.05) is 49.6 Å². The van der Waals surface area contributed by atoms with Crippen molar-refractivity contribution in [1.29, 1.82) is 0 Å². The Labute approximate surface area is 180 Å². The molecule has 0 radical (unpaired) electrons. The van der Waals surface area contributed by atoms with Crippen LogP contribution in [0.3, 0.4) is 0 Å².